The van der Waals surface area contributed by atoms with Crippen molar-refractivity contribution in [3.05, 3.63) is 5.01 Å². The summed E-state index contributed by atoms with van der Waals surface area (Å²) in [5.74, 6) is -0.331. The number of nitrogens with one attached hydrogen (secondary N) is 1. The average Bonchev–Trinajstić information content (AvgIpc) is 2.64. The van der Waals surface area contributed by atoms with Crippen LogP contribution in [0.5, 0.6) is 0 Å². The maximum atomic E-state index is 11.6. The van der Waals surface area contributed by atoms with Gasteiger partial charge in [-0.3, -0.25) is 4.79 Å². The van der Waals surface area contributed by atoms with Crippen molar-refractivity contribution in [3.63, 3.8) is 0 Å². The zero-order valence-electron chi connectivity index (χ0n) is 9.15. The average molecular weight is 228 g/mol. The predicted molar refractivity (Wildman–Crippen MR) is 60.7 cm³/mol. The highest BCUT2D eigenvalue weighted by molar-refractivity contribution is 7.15. The molecular formula is C9H16N4OS. The van der Waals surface area contributed by atoms with Crippen LogP contribution >= 0.6 is 11.3 Å². The van der Waals surface area contributed by atoms with Gasteiger partial charge in [0.15, 0.2) is 0 Å². The summed E-state index contributed by atoms with van der Waals surface area (Å²) >= 11 is 1.40. The molecule has 6 heteroatoms. The molecule has 0 aliphatic rings. The van der Waals surface area contributed by atoms with Gasteiger partial charge in [-0.2, -0.15) is 0 Å². The third kappa shape index (κ3) is 3.24. The molecule has 0 aromatic carbocycles. The minimum Gasteiger partial charge on any atom is -0.327 e. The van der Waals surface area contributed by atoms with Crippen LogP contribution < -0.4 is 11.1 Å². The first kappa shape index (κ1) is 12.1. The molecule has 0 saturated heterocycles. The molecule has 0 unspecified atom stereocenters. The van der Waals surface area contributed by atoms with Crippen LogP contribution in [0.15, 0.2) is 0 Å². The fraction of sp³-hybridized carbons (Fsp3) is 0.667. The van der Waals surface area contributed by atoms with Crippen LogP contribution in [-0.4, -0.2) is 22.1 Å². The van der Waals surface area contributed by atoms with Gasteiger partial charge < -0.3 is 11.1 Å². The van der Waals surface area contributed by atoms with Crippen LogP contribution in [0.2, 0.25) is 0 Å². The number of hydrogen-bond acceptors (Lipinski definition) is 5. The van der Waals surface area contributed by atoms with Crippen molar-refractivity contribution in [2.24, 2.45) is 11.7 Å². The second kappa shape index (κ2) is 5.18. The van der Waals surface area contributed by atoms with E-state index in [1.54, 1.807) is 6.92 Å². The summed E-state index contributed by atoms with van der Waals surface area (Å²) in [6, 6.07) is -0.163. The lowest BCUT2D eigenvalue weighted by Gasteiger charge is -2.13. The van der Waals surface area contributed by atoms with E-state index in [9.17, 15) is 4.79 Å². The molecule has 1 amide bonds. The van der Waals surface area contributed by atoms with Crippen molar-refractivity contribution in [1.82, 2.24) is 10.2 Å². The van der Waals surface area contributed by atoms with Gasteiger partial charge in [-0.25, -0.2) is 0 Å². The number of carbonyl (C=O) groups excluding carboxylic acids is 1. The Bertz CT molecular complexity index is 337. The monoisotopic (exact) mass is 228 g/mol. The van der Waals surface area contributed by atoms with Crippen LogP contribution in [0.25, 0.3) is 0 Å². The highest BCUT2D eigenvalue weighted by Gasteiger charge is 2.18. The maximum absolute atomic E-state index is 11.6. The van der Waals surface area contributed by atoms with Crippen LogP contribution in [-0.2, 0) is 11.2 Å². The molecule has 0 aliphatic heterocycles. The van der Waals surface area contributed by atoms with Crippen LogP contribution in [0, 0.1) is 5.92 Å². The van der Waals surface area contributed by atoms with Gasteiger partial charge in [0.1, 0.15) is 5.01 Å². The van der Waals surface area contributed by atoms with E-state index >= 15 is 0 Å². The minimum atomic E-state index is -0.223. The number of nitrogens with zero attached hydrogens (tertiary/aromatic N) is 2. The highest BCUT2D eigenvalue weighted by atomic mass is 32.1. The number of amides is 1. The number of nitrogens with two attached hydrogens (primary N) is 1. The SMILES string of the molecule is CCc1nnc(NC(=O)[C@H](C)[C@H](C)N)s1. The first-order valence-electron chi connectivity index (χ1n) is 4.93. The number of aryl methyl sites for hydroxylation is 1. The van der Waals surface area contributed by atoms with E-state index in [-0.39, 0.29) is 17.9 Å². The van der Waals surface area contributed by atoms with Gasteiger partial charge in [0.25, 0.3) is 0 Å². The molecule has 0 fully saturated rings. The normalized spacial score (nSPS) is 14.7. The molecule has 1 aromatic rings. The fourth-order valence-corrected chi connectivity index (χ4v) is 1.59. The summed E-state index contributed by atoms with van der Waals surface area (Å²) in [5.41, 5.74) is 5.63. The van der Waals surface area contributed by atoms with E-state index in [0.29, 0.717) is 5.13 Å². The third-order valence-corrected chi connectivity index (χ3v) is 3.18. The molecule has 15 heavy (non-hydrogen) atoms. The van der Waals surface area contributed by atoms with E-state index in [4.69, 9.17) is 5.73 Å². The third-order valence-electron chi connectivity index (χ3n) is 2.20. The predicted octanol–water partition coefficient (Wildman–Crippen LogP) is 1.02. The van der Waals surface area contributed by atoms with E-state index < -0.39 is 0 Å². The van der Waals surface area contributed by atoms with Crippen molar-refractivity contribution >= 4 is 22.4 Å². The lowest BCUT2D eigenvalue weighted by Crippen LogP contribution is -2.34. The summed E-state index contributed by atoms with van der Waals surface area (Å²) in [7, 11) is 0. The zero-order valence-corrected chi connectivity index (χ0v) is 9.97. The molecule has 5 nitrogen and oxygen atoms in total. The van der Waals surface area contributed by atoms with E-state index in [1.165, 1.54) is 11.3 Å². The highest BCUT2D eigenvalue weighted by Crippen LogP contribution is 2.16. The molecule has 0 aliphatic carbocycles. The molecule has 0 radical (unpaired) electrons. The lowest BCUT2D eigenvalue weighted by molar-refractivity contribution is -0.119. The van der Waals surface area contributed by atoms with Crippen molar-refractivity contribution in [2.45, 2.75) is 33.2 Å². The summed E-state index contributed by atoms with van der Waals surface area (Å²) in [5, 5.41) is 11.9. The van der Waals surface area contributed by atoms with E-state index in [1.807, 2.05) is 13.8 Å². The Morgan fingerprint density at radius 2 is 2.20 bits per heavy atom. The molecule has 1 heterocycles. The van der Waals surface area contributed by atoms with Gasteiger partial charge in [0.2, 0.25) is 11.0 Å². The van der Waals surface area contributed by atoms with Crippen molar-refractivity contribution in [3.8, 4) is 0 Å². The van der Waals surface area contributed by atoms with Crippen molar-refractivity contribution < 1.29 is 4.79 Å². The fourth-order valence-electron chi connectivity index (χ4n) is 0.905. The molecule has 0 spiro atoms. The molecular weight excluding hydrogens is 212 g/mol. The molecule has 0 saturated carbocycles. The van der Waals surface area contributed by atoms with Gasteiger partial charge in [0.05, 0.1) is 5.92 Å². The molecule has 1 rings (SSSR count). The standard InChI is InChI=1S/C9H16N4OS/c1-4-7-12-13-9(15-7)11-8(14)5(2)6(3)10/h5-6H,4,10H2,1-3H3,(H,11,13,14)/t5-,6+/m1/s1. The van der Waals surface area contributed by atoms with Crippen molar-refractivity contribution in [2.75, 3.05) is 5.32 Å². The molecule has 1 aromatic heterocycles. The topological polar surface area (TPSA) is 80.9 Å². The first-order chi connectivity index (χ1) is 7.04. The van der Waals surface area contributed by atoms with Crippen molar-refractivity contribution in [1.29, 1.82) is 0 Å². The number of hydrogen-bond donors (Lipinski definition) is 2. The summed E-state index contributed by atoms with van der Waals surface area (Å²) in [6.45, 7) is 5.60. The Morgan fingerprint density at radius 3 is 2.67 bits per heavy atom. The minimum absolute atomic E-state index is 0.108. The largest absolute Gasteiger partial charge is 0.327 e. The number of aromatic nitrogens is 2. The molecule has 2 atom stereocenters. The second-order valence-electron chi connectivity index (χ2n) is 3.49. The quantitative estimate of drug-likeness (QED) is 0.806. The van der Waals surface area contributed by atoms with Crippen LogP contribution in [0.4, 0.5) is 5.13 Å². The van der Waals surface area contributed by atoms with Gasteiger partial charge >= 0.3 is 0 Å². The zero-order chi connectivity index (χ0) is 11.4. The van der Waals surface area contributed by atoms with Crippen LogP contribution in [0.1, 0.15) is 25.8 Å². The summed E-state index contributed by atoms with van der Waals surface area (Å²) in [6.07, 6.45) is 0.830. The Labute approximate surface area is 93.1 Å². The Hall–Kier alpha value is -1.01. The van der Waals surface area contributed by atoms with Gasteiger partial charge in [-0.1, -0.05) is 25.2 Å². The summed E-state index contributed by atoms with van der Waals surface area (Å²) < 4.78 is 0. The number of anilines is 1. The lowest BCUT2D eigenvalue weighted by atomic mass is 10.0. The molecule has 3 N–H and O–H groups in total. The van der Waals surface area contributed by atoms with Gasteiger partial charge in [-0.15, -0.1) is 10.2 Å². The van der Waals surface area contributed by atoms with Gasteiger partial charge in [-0.05, 0) is 13.3 Å². The van der Waals surface area contributed by atoms with E-state index in [0.717, 1.165) is 11.4 Å². The number of carbonyl (C=O) groups is 1. The second-order valence-corrected chi connectivity index (χ2v) is 4.55. The van der Waals surface area contributed by atoms with Gasteiger partial charge in [0, 0.05) is 6.04 Å². The van der Waals surface area contributed by atoms with E-state index in [2.05, 4.69) is 15.5 Å². The van der Waals surface area contributed by atoms with Crippen LogP contribution in [0.3, 0.4) is 0 Å². The Balaban J connectivity index is 2.58. The summed E-state index contributed by atoms with van der Waals surface area (Å²) in [4.78, 5) is 11.6. The Kier molecular flexibility index (Phi) is 4.16. The smallest absolute Gasteiger partial charge is 0.230 e. The molecule has 0 bridgehead atoms. The maximum Gasteiger partial charge on any atom is 0.230 e. The Morgan fingerprint density at radius 1 is 1.53 bits per heavy atom. The molecule has 84 valence electrons. The number of rotatable bonds is 4. The first-order valence-corrected chi connectivity index (χ1v) is 5.75.